The van der Waals surface area contributed by atoms with Gasteiger partial charge in [0.05, 0.1) is 0 Å². The van der Waals surface area contributed by atoms with Gasteiger partial charge in [-0.25, -0.2) is 4.79 Å². The van der Waals surface area contributed by atoms with Gasteiger partial charge in [0.15, 0.2) is 0 Å². The second-order valence-corrected chi connectivity index (χ2v) is 2.53. The average molecular weight is 173 g/mol. The smallest absolute Gasteiger partial charge is 0.319 e. The summed E-state index contributed by atoms with van der Waals surface area (Å²) in [6, 6.07) is 0.130. The molecule has 0 spiro atoms. The van der Waals surface area contributed by atoms with Gasteiger partial charge >= 0.3 is 6.03 Å². The van der Waals surface area contributed by atoms with Crippen molar-refractivity contribution in [1.29, 1.82) is 0 Å². The highest BCUT2D eigenvalue weighted by atomic mass is 16.2. The Bertz CT molecular complexity index is 149. The fourth-order valence-corrected chi connectivity index (χ4v) is 0.783. The maximum Gasteiger partial charge on any atom is 0.319 e. The molecule has 0 saturated carbocycles. The predicted molar refractivity (Wildman–Crippen MR) is 45.8 cm³/mol. The summed E-state index contributed by atoms with van der Waals surface area (Å²) in [4.78, 5) is 23.2. The molecular formula is C7H15N3O2. The fourth-order valence-electron chi connectivity index (χ4n) is 0.783. The third-order valence-electron chi connectivity index (χ3n) is 1.54. The van der Waals surface area contributed by atoms with Crippen LogP contribution in [0.3, 0.4) is 0 Å². The number of hydrogen-bond donors (Lipinski definition) is 1. The Kier molecular flexibility index (Phi) is 4.83. The van der Waals surface area contributed by atoms with E-state index in [0.717, 1.165) is 13.1 Å². The lowest BCUT2D eigenvalue weighted by atomic mass is 10.6. The first kappa shape index (κ1) is 10.7. The molecule has 0 aromatic carbocycles. The third-order valence-corrected chi connectivity index (χ3v) is 1.54. The first-order valence-electron chi connectivity index (χ1n) is 3.70. The molecule has 0 atom stereocenters. The van der Waals surface area contributed by atoms with E-state index in [1.54, 1.807) is 16.8 Å². The van der Waals surface area contributed by atoms with Crippen LogP contribution in [0.5, 0.6) is 0 Å². The Hall–Kier alpha value is -1.26. The summed E-state index contributed by atoms with van der Waals surface area (Å²) in [5, 5.41) is 2.25. The highest BCUT2D eigenvalue weighted by Gasteiger charge is 2.20. The zero-order valence-corrected chi connectivity index (χ0v) is 7.70. The van der Waals surface area contributed by atoms with Gasteiger partial charge in [-0.15, -0.1) is 0 Å². The number of rotatable bonds is 1. The summed E-state index contributed by atoms with van der Waals surface area (Å²) in [6.07, 6.45) is 0.625. The van der Waals surface area contributed by atoms with Gasteiger partial charge in [0, 0.05) is 34.2 Å². The quantitative estimate of drug-likeness (QED) is 0.535. The molecule has 1 rings (SSSR count). The van der Waals surface area contributed by atoms with Crippen LogP contribution in [0, 0.1) is 0 Å². The molecule has 1 heterocycles. The standard InChI is InChI=1S/C5H10N2O.C2H5NO/c1-6-3-4-7(2)5(6)8;1-3-2-4/h3-4H2,1-2H3;2H,1H3,(H,3,4). The minimum Gasteiger partial charge on any atom is -0.362 e. The first-order chi connectivity index (χ1) is 5.63. The van der Waals surface area contributed by atoms with E-state index in [-0.39, 0.29) is 6.03 Å². The highest BCUT2D eigenvalue weighted by Crippen LogP contribution is 2.00. The van der Waals surface area contributed by atoms with Gasteiger partial charge in [-0.2, -0.15) is 0 Å². The maximum atomic E-state index is 10.8. The molecule has 0 aliphatic carbocycles. The summed E-state index contributed by atoms with van der Waals surface area (Å²) >= 11 is 0. The van der Waals surface area contributed by atoms with Crippen LogP contribution in [0.2, 0.25) is 0 Å². The van der Waals surface area contributed by atoms with Crippen LogP contribution in [-0.2, 0) is 4.79 Å². The molecule has 0 unspecified atom stereocenters. The van der Waals surface area contributed by atoms with E-state index < -0.39 is 0 Å². The van der Waals surface area contributed by atoms with Crippen molar-refractivity contribution < 1.29 is 9.59 Å². The Morgan fingerprint density at radius 2 is 1.67 bits per heavy atom. The number of carbonyl (C=O) groups excluding carboxylic acids is 2. The Morgan fingerprint density at radius 3 is 1.75 bits per heavy atom. The van der Waals surface area contributed by atoms with E-state index in [2.05, 4.69) is 5.32 Å². The summed E-state index contributed by atoms with van der Waals surface area (Å²) in [5.41, 5.74) is 0. The molecular weight excluding hydrogens is 158 g/mol. The van der Waals surface area contributed by atoms with Gasteiger partial charge in [-0.3, -0.25) is 4.79 Å². The van der Waals surface area contributed by atoms with E-state index in [1.807, 2.05) is 14.1 Å². The lowest BCUT2D eigenvalue weighted by Crippen LogP contribution is -2.25. The van der Waals surface area contributed by atoms with Crippen molar-refractivity contribution in [2.24, 2.45) is 0 Å². The van der Waals surface area contributed by atoms with Crippen LogP contribution in [-0.4, -0.2) is 56.5 Å². The monoisotopic (exact) mass is 173 g/mol. The maximum absolute atomic E-state index is 10.8. The van der Waals surface area contributed by atoms with Crippen molar-refractivity contribution in [2.75, 3.05) is 34.2 Å². The molecule has 12 heavy (non-hydrogen) atoms. The molecule has 1 saturated heterocycles. The van der Waals surface area contributed by atoms with Crippen LogP contribution in [0.25, 0.3) is 0 Å². The second-order valence-electron chi connectivity index (χ2n) is 2.53. The van der Waals surface area contributed by atoms with Gasteiger partial charge in [-0.05, 0) is 0 Å². The number of carbonyl (C=O) groups is 2. The topological polar surface area (TPSA) is 52.6 Å². The molecule has 0 aromatic heterocycles. The molecule has 1 fully saturated rings. The number of urea groups is 1. The van der Waals surface area contributed by atoms with Gasteiger partial charge in [0.25, 0.3) is 0 Å². The molecule has 0 radical (unpaired) electrons. The van der Waals surface area contributed by atoms with E-state index in [9.17, 15) is 4.79 Å². The van der Waals surface area contributed by atoms with Crippen molar-refractivity contribution in [2.45, 2.75) is 0 Å². The van der Waals surface area contributed by atoms with Crippen molar-refractivity contribution in [1.82, 2.24) is 15.1 Å². The van der Waals surface area contributed by atoms with Gasteiger partial charge < -0.3 is 15.1 Å². The lowest BCUT2D eigenvalue weighted by molar-refractivity contribution is -0.109. The minimum atomic E-state index is 0.130. The number of amides is 3. The van der Waals surface area contributed by atoms with Crippen molar-refractivity contribution >= 4 is 12.4 Å². The predicted octanol–water partition coefficient (Wildman–Crippen LogP) is -0.654. The molecule has 1 aliphatic heterocycles. The van der Waals surface area contributed by atoms with E-state index in [0.29, 0.717) is 6.41 Å². The minimum absolute atomic E-state index is 0.130. The molecule has 5 nitrogen and oxygen atoms in total. The normalized spacial score (nSPS) is 15.4. The zero-order valence-electron chi connectivity index (χ0n) is 7.70. The fraction of sp³-hybridized carbons (Fsp3) is 0.714. The Labute approximate surface area is 72.3 Å². The summed E-state index contributed by atoms with van der Waals surface area (Å²) in [7, 11) is 5.19. The van der Waals surface area contributed by atoms with E-state index in [4.69, 9.17) is 4.79 Å². The van der Waals surface area contributed by atoms with Crippen molar-refractivity contribution in [3.63, 3.8) is 0 Å². The largest absolute Gasteiger partial charge is 0.362 e. The van der Waals surface area contributed by atoms with Crippen LogP contribution in [0.1, 0.15) is 0 Å². The van der Waals surface area contributed by atoms with Crippen molar-refractivity contribution in [3.05, 3.63) is 0 Å². The number of nitrogens with one attached hydrogen (secondary N) is 1. The second kappa shape index (κ2) is 5.40. The van der Waals surface area contributed by atoms with Crippen LogP contribution in [0.15, 0.2) is 0 Å². The van der Waals surface area contributed by atoms with Crippen LogP contribution in [0.4, 0.5) is 4.79 Å². The Balaban J connectivity index is 0.000000261. The van der Waals surface area contributed by atoms with Gasteiger partial charge in [0.1, 0.15) is 0 Å². The molecule has 0 aromatic rings. The Morgan fingerprint density at radius 1 is 1.33 bits per heavy atom. The number of nitrogens with zero attached hydrogens (tertiary/aromatic N) is 2. The number of hydrogen-bond acceptors (Lipinski definition) is 2. The third kappa shape index (κ3) is 3.23. The molecule has 0 bridgehead atoms. The van der Waals surface area contributed by atoms with E-state index in [1.165, 1.54) is 0 Å². The zero-order chi connectivity index (χ0) is 9.56. The molecule has 1 N–H and O–H groups in total. The summed E-state index contributed by atoms with van der Waals surface area (Å²) in [5.74, 6) is 0. The van der Waals surface area contributed by atoms with Gasteiger partial charge in [-0.1, -0.05) is 0 Å². The summed E-state index contributed by atoms with van der Waals surface area (Å²) < 4.78 is 0. The molecule has 1 aliphatic rings. The molecule has 3 amide bonds. The van der Waals surface area contributed by atoms with Crippen LogP contribution >= 0.6 is 0 Å². The molecule has 70 valence electrons. The first-order valence-corrected chi connectivity index (χ1v) is 3.70. The lowest BCUT2D eigenvalue weighted by Gasteiger charge is -2.07. The van der Waals surface area contributed by atoms with Gasteiger partial charge in [0.2, 0.25) is 6.41 Å². The van der Waals surface area contributed by atoms with E-state index >= 15 is 0 Å². The average Bonchev–Trinajstić information content (AvgIpc) is 2.37. The van der Waals surface area contributed by atoms with Crippen molar-refractivity contribution in [3.8, 4) is 0 Å². The SMILES string of the molecule is CN1CCN(C)C1=O.CNC=O. The van der Waals surface area contributed by atoms with Crippen LogP contribution < -0.4 is 5.32 Å². The summed E-state index contributed by atoms with van der Waals surface area (Å²) in [6.45, 7) is 1.74. The molecule has 5 heteroatoms. The number of likely N-dealkylation sites (N-methyl/N-ethyl adjacent to an activating group) is 2. The highest BCUT2D eigenvalue weighted by molar-refractivity contribution is 5.75.